The van der Waals surface area contributed by atoms with E-state index in [9.17, 15) is 5.11 Å². The molecule has 3 heteroatoms. The zero-order valence-electron chi connectivity index (χ0n) is 11.0. The van der Waals surface area contributed by atoms with Crippen LogP contribution >= 0.6 is 0 Å². The Bertz CT molecular complexity index is 433. The Hall–Kier alpha value is -1.06. The molecule has 1 aromatic carbocycles. The summed E-state index contributed by atoms with van der Waals surface area (Å²) in [6, 6.07) is 6.35. The summed E-state index contributed by atoms with van der Waals surface area (Å²) in [5.74, 6) is 1.26. The van der Waals surface area contributed by atoms with Gasteiger partial charge in [-0.3, -0.25) is 0 Å². The molecule has 1 saturated heterocycles. The Morgan fingerprint density at radius 3 is 3.06 bits per heavy atom. The number of nitrogens with one attached hydrogen (secondary N) is 1. The number of likely N-dealkylation sites (tertiary alicyclic amines) is 1. The van der Waals surface area contributed by atoms with Gasteiger partial charge < -0.3 is 15.3 Å². The molecule has 0 aromatic heterocycles. The van der Waals surface area contributed by atoms with E-state index in [1.165, 1.54) is 25.1 Å². The molecule has 0 bridgehead atoms. The molecule has 98 valence electrons. The first-order valence-corrected chi connectivity index (χ1v) is 6.96. The summed E-state index contributed by atoms with van der Waals surface area (Å²) in [5, 5.41) is 13.5. The molecule has 2 unspecified atom stereocenters. The summed E-state index contributed by atoms with van der Waals surface area (Å²) in [6.07, 6.45) is 3.43. The van der Waals surface area contributed by atoms with Gasteiger partial charge in [0.2, 0.25) is 0 Å². The van der Waals surface area contributed by atoms with Crippen molar-refractivity contribution in [1.29, 1.82) is 0 Å². The van der Waals surface area contributed by atoms with Crippen molar-refractivity contribution in [2.45, 2.75) is 25.3 Å². The summed E-state index contributed by atoms with van der Waals surface area (Å²) in [6.45, 7) is 3.55. The van der Waals surface area contributed by atoms with Gasteiger partial charge in [0.1, 0.15) is 5.75 Å². The zero-order chi connectivity index (χ0) is 12.5. The second kappa shape index (κ2) is 4.90. The van der Waals surface area contributed by atoms with Crippen LogP contribution < -0.4 is 5.32 Å². The van der Waals surface area contributed by atoms with E-state index >= 15 is 0 Å². The Morgan fingerprint density at radius 2 is 2.28 bits per heavy atom. The van der Waals surface area contributed by atoms with Crippen molar-refractivity contribution in [3.05, 3.63) is 29.3 Å². The van der Waals surface area contributed by atoms with Crippen LogP contribution in [0.25, 0.3) is 0 Å². The number of fused-ring (bicyclic) bond motifs is 1. The van der Waals surface area contributed by atoms with Gasteiger partial charge in [-0.15, -0.1) is 0 Å². The lowest BCUT2D eigenvalue weighted by Crippen LogP contribution is -2.27. The van der Waals surface area contributed by atoms with Crippen molar-refractivity contribution in [2.75, 3.05) is 26.7 Å². The largest absolute Gasteiger partial charge is 0.508 e. The van der Waals surface area contributed by atoms with Crippen LogP contribution in [0.15, 0.2) is 18.2 Å². The van der Waals surface area contributed by atoms with E-state index in [2.05, 4.69) is 23.3 Å². The van der Waals surface area contributed by atoms with Crippen molar-refractivity contribution in [3.63, 3.8) is 0 Å². The van der Waals surface area contributed by atoms with Crippen LogP contribution in [0.4, 0.5) is 0 Å². The lowest BCUT2D eigenvalue weighted by Gasteiger charge is -2.17. The molecule has 2 aliphatic rings. The molecule has 1 aliphatic carbocycles. The smallest absolute Gasteiger partial charge is 0.119 e. The second-order valence-electron chi connectivity index (χ2n) is 5.76. The molecule has 1 aromatic rings. The standard InChI is InChI=1S/C15H22N2O/c1-17-8-7-11(10-17)9-16-14-6-5-13-12(14)3-2-4-15(13)18/h2-4,11,14,16,18H,5-10H2,1H3. The van der Waals surface area contributed by atoms with Crippen LogP contribution in [-0.2, 0) is 6.42 Å². The summed E-state index contributed by atoms with van der Waals surface area (Å²) in [7, 11) is 2.20. The van der Waals surface area contributed by atoms with Gasteiger partial charge in [-0.1, -0.05) is 12.1 Å². The van der Waals surface area contributed by atoms with Gasteiger partial charge in [0.15, 0.2) is 0 Å². The van der Waals surface area contributed by atoms with Crippen LogP contribution in [0.2, 0.25) is 0 Å². The third-order valence-electron chi connectivity index (χ3n) is 4.39. The summed E-state index contributed by atoms with van der Waals surface area (Å²) in [4.78, 5) is 2.40. The number of nitrogens with zero attached hydrogens (tertiary/aromatic N) is 1. The van der Waals surface area contributed by atoms with Gasteiger partial charge in [-0.25, -0.2) is 0 Å². The second-order valence-corrected chi connectivity index (χ2v) is 5.76. The molecule has 1 heterocycles. The summed E-state index contributed by atoms with van der Waals surface area (Å²) in [5.41, 5.74) is 2.46. The van der Waals surface area contributed by atoms with Gasteiger partial charge in [-0.2, -0.15) is 0 Å². The minimum atomic E-state index is 0.443. The molecule has 3 rings (SSSR count). The average Bonchev–Trinajstić information content (AvgIpc) is 2.94. The molecule has 0 saturated carbocycles. The van der Waals surface area contributed by atoms with Gasteiger partial charge in [0.25, 0.3) is 0 Å². The number of hydrogen-bond donors (Lipinski definition) is 2. The third-order valence-corrected chi connectivity index (χ3v) is 4.39. The number of aromatic hydroxyl groups is 1. The summed E-state index contributed by atoms with van der Waals surface area (Å²) >= 11 is 0. The lowest BCUT2D eigenvalue weighted by atomic mass is 10.1. The monoisotopic (exact) mass is 246 g/mol. The van der Waals surface area contributed by atoms with Crippen LogP contribution in [0.5, 0.6) is 5.75 Å². The van der Waals surface area contributed by atoms with Crippen molar-refractivity contribution in [2.24, 2.45) is 5.92 Å². The molecule has 0 spiro atoms. The molecule has 2 N–H and O–H groups in total. The highest BCUT2D eigenvalue weighted by Gasteiger charge is 2.26. The topological polar surface area (TPSA) is 35.5 Å². The van der Waals surface area contributed by atoms with E-state index in [0.717, 1.165) is 30.9 Å². The normalized spacial score (nSPS) is 27.6. The van der Waals surface area contributed by atoms with E-state index in [4.69, 9.17) is 0 Å². The predicted molar refractivity (Wildman–Crippen MR) is 72.8 cm³/mol. The van der Waals surface area contributed by atoms with E-state index in [0.29, 0.717) is 11.8 Å². The maximum atomic E-state index is 9.83. The molecule has 0 radical (unpaired) electrons. The molecule has 3 nitrogen and oxygen atoms in total. The molecule has 18 heavy (non-hydrogen) atoms. The average molecular weight is 246 g/mol. The van der Waals surface area contributed by atoms with Crippen LogP contribution in [0.1, 0.15) is 30.0 Å². The Kier molecular flexibility index (Phi) is 3.27. The fraction of sp³-hybridized carbons (Fsp3) is 0.600. The highest BCUT2D eigenvalue weighted by Crippen LogP contribution is 2.36. The van der Waals surface area contributed by atoms with Gasteiger partial charge in [-0.05, 0) is 62.5 Å². The maximum absolute atomic E-state index is 9.83. The molecular formula is C15H22N2O. The summed E-state index contributed by atoms with van der Waals surface area (Å²) < 4.78 is 0. The molecular weight excluding hydrogens is 224 g/mol. The Morgan fingerprint density at radius 1 is 1.39 bits per heavy atom. The maximum Gasteiger partial charge on any atom is 0.119 e. The van der Waals surface area contributed by atoms with Crippen LogP contribution in [0.3, 0.4) is 0 Å². The van der Waals surface area contributed by atoms with Crippen molar-refractivity contribution >= 4 is 0 Å². The van der Waals surface area contributed by atoms with E-state index < -0.39 is 0 Å². The van der Waals surface area contributed by atoms with Crippen molar-refractivity contribution < 1.29 is 5.11 Å². The SMILES string of the molecule is CN1CCC(CNC2CCc3c(O)cccc32)C1. The molecule has 2 atom stereocenters. The first-order chi connectivity index (χ1) is 8.74. The number of benzene rings is 1. The fourth-order valence-electron chi connectivity index (χ4n) is 3.35. The van der Waals surface area contributed by atoms with Crippen LogP contribution in [-0.4, -0.2) is 36.7 Å². The Balaban J connectivity index is 1.61. The number of rotatable bonds is 3. The minimum absolute atomic E-state index is 0.443. The molecule has 1 fully saturated rings. The van der Waals surface area contributed by atoms with E-state index in [1.807, 2.05) is 6.07 Å². The van der Waals surface area contributed by atoms with Crippen molar-refractivity contribution in [1.82, 2.24) is 10.2 Å². The van der Waals surface area contributed by atoms with Gasteiger partial charge in [0, 0.05) is 12.6 Å². The van der Waals surface area contributed by atoms with E-state index in [-0.39, 0.29) is 0 Å². The quantitative estimate of drug-likeness (QED) is 0.855. The molecule has 0 amide bonds. The Labute approximate surface area is 109 Å². The van der Waals surface area contributed by atoms with Gasteiger partial charge in [0.05, 0.1) is 0 Å². The zero-order valence-corrected chi connectivity index (χ0v) is 11.0. The van der Waals surface area contributed by atoms with Crippen molar-refractivity contribution in [3.8, 4) is 5.75 Å². The van der Waals surface area contributed by atoms with Gasteiger partial charge >= 0.3 is 0 Å². The van der Waals surface area contributed by atoms with E-state index in [1.54, 1.807) is 6.07 Å². The fourth-order valence-corrected chi connectivity index (χ4v) is 3.35. The lowest BCUT2D eigenvalue weighted by molar-refractivity contribution is 0.378. The highest BCUT2D eigenvalue weighted by atomic mass is 16.3. The van der Waals surface area contributed by atoms with Crippen LogP contribution in [0, 0.1) is 5.92 Å². The first-order valence-electron chi connectivity index (χ1n) is 6.96. The third kappa shape index (κ3) is 2.25. The number of phenols is 1. The predicted octanol–water partition coefficient (Wildman–Crippen LogP) is 1.92. The number of phenolic OH excluding ortho intramolecular Hbond substituents is 1. The number of hydrogen-bond acceptors (Lipinski definition) is 3. The first kappa shape index (κ1) is 12.0. The highest BCUT2D eigenvalue weighted by molar-refractivity contribution is 5.44. The molecule has 1 aliphatic heterocycles. The minimum Gasteiger partial charge on any atom is -0.508 e.